The van der Waals surface area contributed by atoms with Crippen LogP contribution < -0.4 is 9.46 Å². The molecule has 0 aromatic heterocycles. The Hall–Kier alpha value is -1.90. The van der Waals surface area contributed by atoms with Gasteiger partial charge >= 0.3 is 0 Å². The van der Waals surface area contributed by atoms with Crippen LogP contribution in [0.5, 0.6) is 5.75 Å². The van der Waals surface area contributed by atoms with Crippen molar-refractivity contribution in [2.24, 2.45) is 0 Å². The molecule has 2 rings (SSSR count). The average molecular weight is 398 g/mol. The van der Waals surface area contributed by atoms with Gasteiger partial charge in [-0.3, -0.25) is 0 Å². The maximum atomic E-state index is 12.8. The first-order chi connectivity index (χ1) is 12.0. The zero-order valence-corrected chi connectivity index (χ0v) is 17.1. The van der Waals surface area contributed by atoms with E-state index in [1.807, 2.05) is 6.92 Å². The monoisotopic (exact) mass is 397 g/mol. The smallest absolute Gasteiger partial charge is 0.241 e. The SMILES string of the molecule is COc1cc(C)c(S(=O)(=O)NCc2ccc(S(C)(=O)=O)cc2)c(C)c1C. The number of hydrogen-bond acceptors (Lipinski definition) is 5. The number of ether oxygens (including phenoxy) is 1. The minimum absolute atomic E-state index is 0.0658. The van der Waals surface area contributed by atoms with Crippen molar-refractivity contribution in [3.63, 3.8) is 0 Å². The van der Waals surface area contributed by atoms with E-state index in [0.29, 0.717) is 22.4 Å². The van der Waals surface area contributed by atoms with Gasteiger partial charge in [-0.2, -0.15) is 0 Å². The lowest BCUT2D eigenvalue weighted by Gasteiger charge is -2.16. The van der Waals surface area contributed by atoms with Gasteiger partial charge in [-0.25, -0.2) is 21.6 Å². The summed E-state index contributed by atoms with van der Waals surface area (Å²) in [7, 11) is -5.46. The molecule has 1 N–H and O–H groups in total. The van der Waals surface area contributed by atoms with E-state index in [1.165, 1.54) is 12.1 Å². The third-order valence-electron chi connectivity index (χ3n) is 4.28. The molecule has 0 aliphatic rings. The van der Waals surface area contributed by atoms with E-state index < -0.39 is 19.9 Å². The molecule has 0 aliphatic heterocycles. The number of sulfonamides is 1. The van der Waals surface area contributed by atoms with Crippen molar-refractivity contribution in [1.82, 2.24) is 4.72 Å². The van der Waals surface area contributed by atoms with Crippen molar-refractivity contribution in [3.8, 4) is 5.75 Å². The standard InChI is InChI=1S/C18H23NO5S2/c1-12-10-17(24-4)13(2)14(3)18(12)26(22,23)19-11-15-6-8-16(9-7-15)25(5,20)21/h6-10,19H,11H2,1-5H3. The Labute approximate surface area is 155 Å². The summed E-state index contributed by atoms with van der Waals surface area (Å²) >= 11 is 0. The van der Waals surface area contributed by atoms with Crippen molar-refractivity contribution < 1.29 is 21.6 Å². The first-order valence-electron chi connectivity index (χ1n) is 7.91. The lowest BCUT2D eigenvalue weighted by atomic mass is 10.1. The van der Waals surface area contributed by atoms with Crippen molar-refractivity contribution >= 4 is 19.9 Å². The fourth-order valence-corrected chi connectivity index (χ4v) is 4.92. The number of rotatable bonds is 6. The van der Waals surface area contributed by atoms with E-state index in [0.717, 1.165) is 11.8 Å². The Bertz CT molecular complexity index is 1020. The molecule has 8 heteroatoms. The maximum Gasteiger partial charge on any atom is 0.241 e. The highest BCUT2D eigenvalue weighted by molar-refractivity contribution is 7.90. The van der Waals surface area contributed by atoms with Crippen LogP contribution in [0.4, 0.5) is 0 Å². The predicted molar refractivity (Wildman–Crippen MR) is 101 cm³/mol. The molecule has 0 fully saturated rings. The zero-order chi connectivity index (χ0) is 19.7. The van der Waals surface area contributed by atoms with Crippen LogP contribution in [0.2, 0.25) is 0 Å². The van der Waals surface area contributed by atoms with E-state index in [9.17, 15) is 16.8 Å². The number of benzene rings is 2. The summed E-state index contributed by atoms with van der Waals surface area (Å²) in [6.45, 7) is 5.36. The summed E-state index contributed by atoms with van der Waals surface area (Å²) in [4.78, 5) is 0.435. The Morgan fingerprint density at radius 3 is 2.04 bits per heavy atom. The molecular formula is C18H23NO5S2. The zero-order valence-electron chi connectivity index (χ0n) is 15.5. The number of methoxy groups -OCH3 is 1. The fourth-order valence-electron chi connectivity index (χ4n) is 2.75. The molecule has 0 saturated carbocycles. The molecule has 0 saturated heterocycles. The van der Waals surface area contributed by atoms with Crippen LogP contribution in [-0.2, 0) is 26.4 Å². The van der Waals surface area contributed by atoms with Gasteiger partial charge in [-0.1, -0.05) is 12.1 Å². The molecule has 0 unspecified atom stereocenters. The van der Waals surface area contributed by atoms with Gasteiger partial charge in [-0.15, -0.1) is 0 Å². The summed E-state index contributed by atoms with van der Waals surface area (Å²) in [5, 5.41) is 0. The molecule has 0 bridgehead atoms. The van der Waals surface area contributed by atoms with Gasteiger partial charge in [0.25, 0.3) is 0 Å². The van der Waals surface area contributed by atoms with Gasteiger partial charge in [0.1, 0.15) is 5.75 Å². The second-order valence-electron chi connectivity index (χ2n) is 6.22. The minimum Gasteiger partial charge on any atom is -0.496 e. The molecule has 0 amide bonds. The minimum atomic E-state index is -3.73. The normalized spacial score (nSPS) is 12.2. The van der Waals surface area contributed by atoms with E-state index in [-0.39, 0.29) is 16.3 Å². The Kier molecular flexibility index (Phi) is 5.79. The number of nitrogens with one attached hydrogen (secondary N) is 1. The number of hydrogen-bond donors (Lipinski definition) is 1. The van der Waals surface area contributed by atoms with Gasteiger partial charge in [0.05, 0.1) is 16.9 Å². The van der Waals surface area contributed by atoms with Crippen LogP contribution in [0, 0.1) is 20.8 Å². The highest BCUT2D eigenvalue weighted by Crippen LogP contribution is 2.30. The molecule has 6 nitrogen and oxygen atoms in total. The quantitative estimate of drug-likeness (QED) is 0.809. The van der Waals surface area contributed by atoms with Crippen molar-refractivity contribution in [1.29, 1.82) is 0 Å². The lowest BCUT2D eigenvalue weighted by Crippen LogP contribution is -2.25. The molecule has 0 radical (unpaired) electrons. The maximum absolute atomic E-state index is 12.8. The predicted octanol–water partition coefficient (Wildman–Crippen LogP) is 2.50. The first-order valence-corrected chi connectivity index (χ1v) is 11.3. The van der Waals surface area contributed by atoms with Gasteiger partial charge < -0.3 is 4.74 Å². The highest BCUT2D eigenvalue weighted by Gasteiger charge is 2.22. The number of sulfone groups is 1. The summed E-state index contributed by atoms with van der Waals surface area (Å²) in [5.41, 5.74) is 2.68. The van der Waals surface area contributed by atoms with Crippen LogP contribution in [0.25, 0.3) is 0 Å². The average Bonchev–Trinajstić information content (AvgIpc) is 2.56. The van der Waals surface area contributed by atoms with Crippen LogP contribution in [0.3, 0.4) is 0 Å². The summed E-state index contributed by atoms with van der Waals surface area (Å²) in [6, 6.07) is 7.83. The summed E-state index contributed by atoms with van der Waals surface area (Å²) in [6.07, 6.45) is 1.13. The fraction of sp³-hybridized carbons (Fsp3) is 0.333. The molecule has 2 aromatic carbocycles. The second-order valence-corrected chi connectivity index (χ2v) is 9.94. The molecule has 2 aromatic rings. The van der Waals surface area contributed by atoms with E-state index >= 15 is 0 Å². The largest absolute Gasteiger partial charge is 0.496 e. The van der Waals surface area contributed by atoms with Gasteiger partial charge in [-0.05, 0) is 61.2 Å². The van der Waals surface area contributed by atoms with Crippen LogP contribution in [0.15, 0.2) is 40.1 Å². The molecular weight excluding hydrogens is 374 g/mol. The molecule has 0 heterocycles. The van der Waals surface area contributed by atoms with Crippen molar-refractivity contribution in [3.05, 3.63) is 52.6 Å². The number of aryl methyl sites for hydroxylation is 1. The van der Waals surface area contributed by atoms with Crippen molar-refractivity contribution in [2.45, 2.75) is 37.1 Å². The molecule has 0 spiro atoms. The highest BCUT2D eigenvalue weighted by atomic mass is 32.2. The van der Waals surface area contributed by atoms with Gasteiger partial charge in [0.15, 0.2) is 9.84 Å². The lowest BCUT2D eigenvalue weighted by molar-refractivity contribution is 0.410. The van der Waals surface area contributed by atoms with Crippen molar-refractivity contribution in [2.75, 3.05) is 13.4 Å². The summed E-state index contributed by atoms with van der Waals surface area (Å²) < 4.78 is 56.4. The van der Waals surface area contributed by atoms with Crippen LogP contribution >= 0.6 is 0 Å². The van der Waals surface area contributed by atoms with E-state index in [1.54, 1.807) is 39.2 Å². The Morgan fingerprint density at radius 2 is 1.54 bits per heavy atom. The third kappa shape index (κ3) is 4.25. The van der Waals surface area contributed by atoms with E-state index in [2.05, 4.69) is 4.72 Å². The van der Waals surface area contributed by atoms with Crippen LogP contribution in [0.1, 0.15) is 22.3 Å². The summed E-state index contributed by atoms with van der Waals surface area (Å²) in [5.74, 6) is 0.648. The van der Waals surface area contributed by atoms with Crippen LogP contribution in [-0.4, -0.2) is 30.2 Å². The second kappa shape index (κ2) is 7.38. The van der Waals surface area contributed by atoms with Gasteiger partial charge in [0, 0.05) is 12.8 Å². The Balaban J connectivity index is 2.29. The topological polar surface area (TPSA) is 89.5 Å². The molecule has 0 atom stereocenters. The molecule has 142 valence electrons. The molecule has 26 heavy (non-hydrogen) atoms. The first kappa shape index (κ1) is 20.4. The van der Waals surface area contributed by atoms with E-state index in [4.69, 9.17) is 4.74 Å². The van der Waals surface area contributed by atoms with Gasteiger partial charge in [0.2, 0.25) is 10.0 Å². The third-order valence-corrected chi connectivity index (χ3v) is 7.10. The Morgan fingerprint density at radius 1 is 0.962 bits per heavy atom. The molecule has 0 aliphatic carbocycles.